The Bertz CT molecular complexity index is 249. The molecule has 0 radical (unpaired) electrons. The highest BCUT2D eigenvalue weighted by atomic mass is 16.5. The van der Waals surface area contributed by atoms with Crippen molar-refractivity contribution in [3.05, 3.63) is 0 Å². The van der Waals surface area contributed by atoms with Crippen molar-refractivity contribution in [3.8, 4) is 0 Å². The summed E-state index contributed by atoms with van der Waals surface area (Å²) in [6, 6.07) is 0. The summed E-state index contributed by atoms with van der Waals surface area (Å²) in [6.07, 6.45) is 7.33. The Balaban J connectivity index is 0.000000771. The molecule has 18 heavy (non-hydrogen) atoms. The van der Waals surface area contributed by atoms with Crippen molar-refractivity contribution >= 4 is 5.97 Å². The van der Waals surface area contributed by atoms with E-state index < -0.39 is 0 Å². The number of cyclic esters (lactones) is 1. The van der Waals surface area contributed by atoms with Gasteiger partial charge in [0, 0.05) is 5.92 Å². The van der Waals surface area contributed by atoms with E-state index in [1.807, 2.05) is 13.8 Å². The second kappa shape index (κ2) is 7.81. The summed E-state index contributed by atoms with van der Waals surface area (Å²) >= 11 is 0. The maximum atomic E-state index is 11.1. The minimum absolute atomic E-state index is 0.0167. The SMILES string of the molecule is CC.CCC1CC(CC)C(CC2COC(=O)C2)C1. The predicted molar refractivity (Wildman–Crippen MR) is 75.3 cm³/mol. The van der Waals surface area contributed by atoms with Crippen LogP contribution in [0.5, 0.6) is 0 Å². The first-order chi connectivity index (χ1) is 8.72. The van der Waals surface area contributed by atoms with Crippen LogP contribution in [0.1, 0.15) is 66.2 Å². The third-order valence-corrected chi connectivity index (χ3v) is 4.61. The van der Waals surface area contributed by atoms with Crippen LogP contribution in [0.4, 0.5) is 0 Å². The van der Waals surface area contributed by atoms with Gasteiger partial charge in [0.2, 0.25) is 0 Å². The molecule has 0 aromatic rings. The molecular weight excluding hydrogens is 224 g/mol. The molecule has 1 aliphatic carbocycles. The summed E-state index contributed by atoms with van der Waals surface area (Å²) in [5.41, 5.74) is 0. The number of hydrogen-bond donors (Lipinski definition) is 0. The fourth-order valence-corrected chi connectivity index (χ4v) is 3.60. The maximum Gasteiger partial charge on any atom is 0.306 e. The van der Waals surface area contributed by atoms with Crippen LogP contribution in [0, 0.1) is 23.7 Å². The highest BCUT2D eigenvalue weighted by Gasteiger charge is 2.35. The average Bonchev–Trinajstić information content (AvgIpc) is 2.98. The lowest BCUT2D eigenvalue weighted by atomic mass is 9.85. The quantitative estimate of drug-likeness (QED) is 0.694. The van der Waals surface area contributed by atoms with E-state index in [0.717, 1.165) is 17.8 Å². The number of esters is 1. The van der Waals surface area contributed by atoms with Gasteiger partial charge in [0.25, 0.3) is 0 Å². The van der Waals surface area contributed by atoms with Gasteiger partial charge in [-0.05, 0) is 37.0 Å². The molecule has 2 fully saturated rings. The zero-order valence-electron chi connectivity index (χ0n) is 12.6. The predicted octanol–water partition coefficient (Wildman–Crippen LogP) is 4.43. The van der Waals surface area contributed by atoms with Gasteiger partial charge in [0.05, 0.1) is 13.0 Å². The Hall–Kier alpha value is -0.530. The molecule has 4 unspecified atom stereocenters. The lowest BCUT2D eigenvalue weighted by Crippen LogP contribution is -2.13. The van der Waals surface area contributed by atoms with Crippen molar-refractivity contribution in [2.45, 2.75) is 66.2 Å². The molecule has 0 bridgehead atoms. The number of carbonyl (C=O) groups is 1. The molecule has 0 N–H and O–H groups in total. The van der Waals surface area contributed by atoms with Gasteiger partial charge in [0.1, 0.15) is 0 Å². The lowest BCUT2D eigenvalue weighted by molar-refractivity contribution is -0.137. The second-order valence-corrected chi connectivity index (χ2v) is 5.66. The summed E-state index contributed by atoms with van der Waals surface area (Å²) in [7, 11) is 0. The molecule has 2 heteroatoms. The van der Waals surface area contributed by atoms with E-state index in [9.17, 15) is 4.79 Å². The maximum absolute atomic E-state index is 11.1. The Labute approximate surface area is 112 Å². The molecule has 2 nitrogen and oxygen atoms in total. The smallest absolute Gasteiger partial charge is 0.306 e. The van der Waals surface area contributed by atoms with E-state index in [2.05, 4.69) is 13.8 Å². The van der Waals surface area contributed by atoms with E-state index >= 15 is 0 Å². The summed E-state index contributed by atoms with van der Waals surface area (Å²) < 4.78 is 5.06. The molecule has 2 rings (SSSR count). The Morgan fingerprint density at radius 1 is 1.06 bits per heavy atom. The normalized spacial score (nSPS) is 35.0. The average molecular weight is 254 g/mol. The Morgan fingerprint density at radius 3 is 2.22 bits per heavy atom. The van der Waals surface area contributed by atoms with Gasteiger partial charge in [-0.25, -0.2) is 0 Å². The highest BCUT2D eigenvalue weighted by molar-refractivity contribution is 5.71. The van der Waals surface area contributed by atoms with Crippen LogP contribution in [0.3, 0.4) is 0 Å². The van der Waals surface area contributed by atoms with E-state index in [1.165, 1.54) is 32.1 Å². The van der Waals surface area contributed by atoms with Crippen LogP contribution in [-0.2, 0) is 9.53 Å². The van der Waals surface area contributed by atoms with Crippen LogP contribution in [0.15, 0.2) is 0 Å². The summed E-state index contributed by atoms with van der Waals surface area (Å²) in [4.78, 5) is 11.1. The standard InChI is InChI=1S/C14H24O2.C2H6/c1-3-10-5-12(4-2)13(6-10)7-11-8-14(15)16-9-11;1-2/h10-13H,3-9H2,1-2H3;1-2H3. The molecule has 4 atom stereocenters. The molecular formula is C16H30O2. The minimum Gasteiger partial charge on any atom is -0.465 e. The lowest BCUT2D eigenvalue weighted by Gasteiger charge is -2.19. The minimum atomic E-state index is 0.0167. The fourth-order valence-electron chi connectivity index (χ4n) is 3.60. The largest absolute Gasteiger partial charge is 0.465 e. The van der Waals surface area contributed by atoms with Crippen molar-refractivity contribution in [2.24, 2.45) is 23.7 Å². The van der Waals surface area contributed by atoms with Crippen LogP contribution in [0.2, 0.25) is 0 Å². The van der Waals surface area contributed by atoms with Crippen LogP contribution in [-0.4, -0.2) is 12.6 Å². The van der Waals surface area contributed by atoms with Crippen molar-refractivity contribution in [2.75, 3.05) is 6.61 Å². The fraction of sp³-hybridized carbons (Fsp3) is 0.938. The summed E-state index contributed by atoms with van der Waals surface area (Å²) in [6.45, 7) is 9.30. The van der Waals surface area contributed by atoms with E-state index in [0.29, 0.717) is 18.9 Å². The third-order valence-electron chi connectivity index (χ3n) is 4.61. The first kappa shape index (κ1) is 15.5. The van der Waals surface area contributed by atoms with Gasteiger partial charge in [-0.2, -0.15) is 0 Å². The van der Waals surface area contributed by atoms with Crippen LogP contribution in [0.25, 0.3) is 0 Å². The van der Waals surface area contributed by atoms with Crippen molar-refractivity contribution in [1.82, 2.24) is 0 Å². The third kappa shape index (κ3) is 4.00. The number of carbonyl (C=O) groups excluding carboxylic acids is 1. The van der Waals surface area contributed by atoms with Crippen molar-refractivity contribution in [3.63, 3.8) is 0 Å². The van der Waals surface area contributed by atoms with Crippen LogP contribution < -0.4 is 0 Å². The zero-order valence-corrected chi connectivity index (χ0v) is 12.6. The van der Waals surface area contributed by atoms with Gasteiger partial charge in [0.15, 0.2) is 0 Å². The number of ether oxygens (including phenoxy) is 1. The number of rotatable bonds is 4. The van der Waals surface area contributed by atoms with Gasteiger partial charge in [-0.3, -0.25) is 4.79 Å². The second-order valence-electron chi connectivity index (χ2n) is 5.66. The molecule has 1 aliphatic heterocycles. The molecule has 2 aliphatic rings. The highest BCUT2D eigenvalue weighted by Crippen LogP contribution is 2.43. The van der Waals surface area contributed by atoms with Gasteiger partial charge < -0.3 is 4.74 Å². The van der Waals surface area contributed by atoms with Gasteiger partial charge in [-0.1, -0.05) is 40.5 Å². The molecule has 1 saturated heterocycles. The Kier molecular flexibility index (Phi) is 6.73. The molecule has 1 saturated carbocycles. The molecule has 0 spiro atoms. The molecule has 0 aromatic carbocycles. The van der Waals surface area contributed by atoms with E-state index in [-0.39, 0.29) is 5.97 Å². The molecule has 106 valence electrons. The topological polar surface area (TPSA) is 26.3 Å². The summed E-state index contributed by atoms with van der Waals surface area (Å²) in [5, 5.41) is 0. The van der Waals surface area contributed by atoms with Gasteiger partial charge >= 0.3 is 5.97 Å². The molecule has 1 heterocycles. The molecule has 0 aromatic heterocycles. The van der Waals surface area contributed by atoms with Gasteiger partial charge in [-0.15, -0.1) is 0 Å². The monoisotopic (exact) mass is 254 g/mol. The van der Waals surface area contributed by atoms with Crippen LogP contribution >= 0.6 is 0 Å². The Morgan fingerprint density at radius 2 is 1.72 bits per heavy atom. The zero-order chi connectivity index (χ0) is 13.5. The van der Waals surface area contributed by atoms with Crippen molar-refractivity contribution in [1.29, 1.82) is 0 Å². The summed E-state index contributed by atoms with van der Waals surface area (Å²) in [5.74, 6) is 3.23. The first-order valence-electron chi connectivity index (χ1n) is 7.88. The van der Waals surface area contributed by atoms with Crippen molar-refractivity contribution < 1.29 is 9.53 Å². The van der Waals surface area contributed by atoms with E-state index in [4.69, 9.17) is 4.74 Å². The van der Waals surface area contributed by atoms with E-state index in [1.54, 1.807) is 0 Å². The first-order valence-corrected chi connectivity index (χ1v) is 7.88. The number of hydrogen-bond acceptors (Lipinski definition) is 2. The molecule has 0 amide bonds.